The fraction of sp³-hybridized carbons (Fsp3) is 0.600. The van der Waals surface area contributed by atoms with E-state index in [1.54, 1.807) is 0 Å². The van der Waals surface area contributed by atoms with E-state index in [1.807, 2.05) is 0 Å². The summed E-state index contributed by atoms with van der Waals surface area (Å²) in [6.07, 6.45) is 3.53. The Labute approximate surface area is 105 Å². The third-order valence-electron chi connectivity index (χ3n) is 3.71. The van der Waals surface area contributed by atoms with Crippen molar-refractivity contribution in [3.8, 4) is 0 Å². The average molecular weight is 232 g/mol. The second-order valence-corrected chi connectivity index (χ2v) is 5.55. The monoisotopic (exact) mass is 232 g/mol. The minimum Gasteiger partial charge on any atom is -0.328 e. The Hall–Kier alpha value is -0.860. The van der Waals surface area contributed by atoms with Crippen LogP contribution in [0.5, 0.6) is 0 Å². The Bertz CT molecular complexity index is 342. The van der Waals surface area contributed by atoms with Gasteiger partial charge in [-0.05, 0) is 36.3 Å². The molecule has 0 radical (unpaired) electrons. The van der Waals surface area contributed by atoms with Crippen molar-refractivity contribution < 1.29 is 0 Å². The number of nitrogens with two attached hydrogens (primary N) is 1. The molecule has 0 aliphatic heterocycles. The molecule has 2 rings (SSSR count). The van der Waals surface area contributed by atoms with Crippen molar-refractivity contribution in [3.63, 3.8) is 0 Å². The van der Waals surface area contributed by atoms with Gasteiger partial charge >= 0.3 is 0 Å². The van der Waals surface area contributed by atoms with Gasteiger partial charge < -0.3 is 11.1 Å². The lowest BCUT2D eigenvalue weighted by Gasteiger charge is -2.13. The summed E-state index contributed by atoms with van der Waals surface area (Å²) in [5.41, 5.74) is 8.69. The Balaban J connectivity index is 1.83. The zero-order valence-corrected chi connectivity index (χ0v) is 10.9. The summed E-state index contributed by atoms with van der Waals surface area (Å²) in [6.45, 7) is 5.43. The molecule has 94 valence electrons. The van der Waals surface area contributed by atoms with E-state index in [-0.39, 0.29) is 0 Å². The van der Waals surface area contributed by atoms with Crippen LogP contribution in [0.25, 0.3) is 0 Å². The first-order valence-corrected chi connectivity index (χ1v) is 6.73. The summed E-state index contributed by atoms with van der Waals surface area (Å²) >= 11 is 0. The SMILES string of the molecule is CC(C)c1ccc(CNC2CC[C@H](N)C2)cc1. The van der Waals surface area contributed by atoms with Crippen molar-refractivity contribution in [2.75, 3.05) is 0 Å². The van der Waals surface area contributed by atoms with E-state index in [4.69, 9.17) is 5.73 Å². The molecule has 0 heterocycles. The van der Waals surface area contributed by atoms with Crippen molar-refractivity contribution in [1.29, 1.82) is 0 Å². The first-order chi connectivity index (χ1) is 8.15. The van der Waals surface area contributed by atoms with E-state index in [0.717, 1.165) is 13.0 Å². The van der Waals surface area contributed by atoms with Crippen LogP contribution in [0.3, 0.4) is 0 Å². The van der Waals surface area contributed by atoms with Crippen molar-refractivity contribution in [2.45, 2.75) is 57.7 Å². The highest BCUT2D eigenvalue weighted by Crippen LogP contribution is 2.18. The van der Waals surface area contributed by atoms with Crippen LogP contribution < -0.4 is 11.1 Å². The number of hydrogen-bond acceptors (Lipinski definition) is 2. The summed E-state index contributed by atoms with van der Waals surface area (Å²) in [5, 5.41) is 3.60. The molecule has 2 nitrogen and oxygen atoms in total. The van der Waals surface area contributed by atoms with Crippen molar-refractivity contribution in [1.82, 2.24) is 5.32 Å². The van der Waals surface area contributed by atoms with E-state index in [0.29, 0.717) is 18.0 Å². The molecule has 2 atom stereocenters. The largest absolute Gasteiger partial charge is 0.328 e. The molecule has 3 N–H and O–H groups in total. The summed E-state index contributed by atoms with van der Waals surface area (Å²) in [5.74, 6) is 0.616. The maximum atomic E-state index is 5.91. The second kappa shape index (κ2) is 5.65. The average Bonchev–Trinajstić information content (AvgIpc) is 2.73. The van der Waals surface area contributed by atoms with Gasteiger partial charge in [-0.1, -0.05) is 38.1 Å². The minimum atomic E-state index is 0.413. The van der Waals surface area contributed by atoms with Crippen LogP contribution in [0.15, 0.2) is 24.3 Å². The third-order valence-corrected chi connectivity index (χ3v) is 3.71. The van der Waals surface area contributed by atoms with Gasteiger partial charge in [-0.2, -0.15) is 0 Å². The van der Waals surface area contributed by atoms with Crippen LogP contribution in [-0.4, -0.2) is 12.1 Å². The van der Waals surface area contributed by atoms with Gasteiger partial charge in [-0.3, -0.25) is 0 Å². The van der Waals surface area contributed by atoms with E-state index >= 15 is 0 Å². The quantitative estimate of drug-likeness (QED) is 0.837. The highest BCUT2D eigenvalue weighted by Gasteiger charge is 2.20. The zero-order valence-electron chi connectivity index (χ0n) is 10.9. The molecule has 17 heavy (non-hydrogen) atoms. The van der Waals surface area contributed by atoms with Crippen LogP contribution >= 0.6 is 0 Å². The molecule has 0 saturated heterocycles. The van der Waals surface area contributed by atoms with Gasteiger partial charge in [0.1, 0.15) is 0 Å². The fourth-order valence-corrected chi connectivity index (χ4v) is 2.48. The van der Waals surface area contributed by atoms with Crippen molar-refractivity contribution in [2.24, 2.45) is 5.73 Å². The summed E-state index contributed by atoms with van der Waals surface area (Å²) < 4.78 is 0. The molecular weight excluding hydrogens is 208 g/mol. The molecule has 0 bridgehead atoms. The summed E-state index contributed by atoms with van der Waals surface area (Å²) in [7, 11) is 0. The van der Waals surface area contributed by atoms with E-state index in [9.17, 15) is 0 Å². The second-order valence-electron chi connectivity index (χ2n) is 5.55. The van der Waals surface area contributed by atoms with Gasteiger partial charge in [0, 0.05) is 18.6 Å². The predicted molar refractivity (Wildman–Crippen MR) is 73.0 cm³/mol. The standard InChI is InChI=1S/C15H24N2/c1-11(2)13-5-3-12(4-6-13)10-17-15-8-7-14(16)9-15/h3-6,11,14-15,17H,7-10,16H2,1-2H3/t14-,15?/m0/s1. The first-order valence-electron chi connectivity index (χ1n) is 6.73. The van der Waals surface area contributed by atoms with Crippen LogP contribution in [0.2, 0.25) is 0 Å². The Morgan fingerprint density at radius 2 is 1.94 bits per heavy atom. The Morgan fingerprint density at radius 3 is 2.47 bits per heavy atom. The van der Waals surface area contributed by atoms with Gasteiger partial charge in [0.15, 0.2) is 0 Å². The zero-order chi connectivity index (χ0) is 12.3. The first kappa shape index (κ1) is 12.6. The molecule has 0 spiro atoms. The van der Waals surface area contributed by atoms with E-state index < -0.39 is 0 Å². The molecule has 1 saturated carbocycles. The van der Waals surface area contributed by atoms with Crippen LogP contribution in [0.4, 0.5) is 0 Å². The molecule has 1 aliphatic carbocycles. The molecule has 1 aromatic rings. The third kappa shape index (κ3) is 3.55. The Morgan fingerprint density at radius 1 is 1.24 bits per heavy atom. The lowest BCUT2D eigenvalue weighted by atomic mass is 10.0. The predicted octanol–water partition coefficient (Wildman–Crippen LogP) is 2.78. The van der Waals surface area contributed by atoms with E-state index in [2.05, 4.69) is 43.4 Å². The van der Waals surface area contributed by atoms with Gasteiger partial charge in [0.05, 0.1) is 0 Å². The van der Waals surface area contributed by atoms with Crippen LogP contribution in [0.1, 0.15) is 50.2 Å². The van der Waals surface area contributed by atoms with Gasteiger partial charge in [-0.25, -0.2) is 0 Å². The molecule has 1 unspecified atom stereocenters. The molecule has 1 aromatic carbocycles. The number of nitrogens with one attached hydrogen (secondary N) is 1. The van der Waals surface area contributed by atoms with Crippen molar-refractivity contribution >= 4 is 0 Å². The minimum absolute atomic E-state index is 0.413. The smallest absolute Gasteiger partial charge is 0.0208 e. The topological polar surface area (TPSA) is 38.0 Å². The van der Waals surface area contributed by atoms with Crippen molar-refractivity contribution in [3.05, 3.63) is 35.4 Å². The van der Waals surface area contributed by atoms with Gasteiger partial charge in [0.2, 0.25) is 0 Å². The maximum Gasteiger partial charge on any atom is 0.0208 e. The fourth-order valence-electron chi connectivity index (χ4n) is 2.48. The van der Waals surface area contributed by atoms with E-state index in [1.165, 1.54) is 24.0 Å². The number of rotatable bonds is 4. The highest BCUT2D eigenvalue weighted by atomic mass is 14.9. The normalized spacial score (nSPS) is 24.5. The Kier molecular flexibility index (Phi) is 4.19. The number of hydrogen-bond donors (Lipinski definition) is 2. The summed E-state index contributed by atoms with van der Waals surface area (Å²) in [4.78, 5) is 0. The molecule has 0 aromatic heterocycles. The van der Waals surface area contributed by atoms with Crippen LogP contribution in [-0.2, 0) is 6.54 Å². The van der Waals surface area contributed by atoms with Crippen LogP contribution in [0, 0.1) is 0 Å². The highest BCUT2D eigenvalue weighted by molar-refractivity contribution is 5.24. The molecule has 1 aliphatic rings. The molecular formula is C15H24N2. The molecule has 0 amide bonds. The van der Waals surface area contributed by atoms with Gasteiger partial charge in [-0.15, -0.1) is 0 Å². The molecule has 1 fully saturated rings. The van der Waals surface area contributed by atoms with Gasteiger partial charge in [0.25, 0.3) is 0 Å². The number of benzene rings is 1. The lowest BCUT2D eigenvalue weighted by molar-refractivity contribution is 0.517. The summed E-state index contributed by atoms with van der Waals surface area (Å²) in [6, 6.07) is 9.98. The molecule has 2 heteroatoms. The lowest BCUT2D eigenvalue weighted by Crippen LogP contribution is -2.27. The maximum absolute atomic E-state index is 5.91.